The number of carbonyl (C=O) groups is 1. The highest BCUT2D eigenvalue weighted by Gasteiger charge is 2.49. The monoisotopic (exact) mass is 251 g/mol. The average molecular weight is 251 g/mol. The van der Waals surface area contributed by atoms with Gasteiger partial charge in [-0.05, 0) is 34.6 Å². The van der Waals surface area contributed by atoms with E-state index in [1.807, 2.05) is 0 Å². The van der Waals surface area contributed by atoms with Crippen molar-refractivity contribution in [3.8, 4) is 0 Å². The number of amides is 1. The van der Waals surface area contributed by atoms with Crippen molar-refractivity contribution in [1.82, 2.24) is 4.90 Å². The number of halogens is 2. The van der Waals surface area contributed by atoms with Crippen molar-refractivity contribution in [1.29, 1.82) is 0 Å². The highest BCUT2D eigenvalue weighted by molar-refractivity contribution is 5.69. The summed E-state index contributed by atoms with van der Waals surface area (Å²) in [4.78, 5) is 12.9. The predicted octanol–water partition coefficient (Wildman–Crippen LogP) is 2.62. The second kappa shape index (κ2) is 4.40. The zero-order chi connectivity index (χ0) is 13.4. The Hall–Kier alpha value is -0.910. The quantitative estimate of drug-likeness (QED) is 0.719. The van der Waals surface area contributed by atoms with Crippen LogP contribution in [0.25, 0.3) is 0 Å². The zero-order valence-corrected chi connectivity index (χ0v) is 10.8. The lowest BCUT2D eigenvalue weighted by Gasteiger charge is -2.34. The van der Waals surface area contributed by atoms with E-state index in [2.05, 4.69) is 0 Å². The smallest absolute Gasteiger partial charge is 0.413 e. The van der Waals surface area contributed by atoms with Gasteiger partial charge >= 0.3 is 6.09 Å². The Kier molecular flexibility index (Phi) is 3.66. The first kappa shape index (κ1) is 14.2. The van der Waals surface area contributed by atoms with Crippen LogP contribution in [0.3, 0.4) is 0 Å². The van der Waals surface area contributed by atoms with Gasteiger partial charge in [0.1, 0.15) is 17.4 Å². The Balaban J connectivity index is 2.87. The number of carbonyl (C=O) groups excluding carboxylic acids is 1. The maximum Gasteiger partial charge on any atom is 0.413 e. The van der Waals surface area contributed by atoms with Crippen molar-refractivity contribution >= 4 is 6.09 Å². The fourth-order valence-electron chi connectivity index (χ4n) is 1.68. The highest BCUT2D eigenvalue weighted by Crippen LogP contribution is 2.31. The van der Waals surface area contributed by atoms with E-state index in [1.165, 1.54) is 0 Å². The summed E-state index contributed by atoms with van der Waals surface area (Å²) in [6.07, 6.45) is -3.42. The largest absolute Gasteiger partial charge is 0.444 e. The van der Waals surface area contributed by atoms with Crippen LogP contribution < -0.4 is 0 Å². The van der Waals surface area contributed by atoms with Crippen molar-refractivity contribution in [2.45, 2.75) is 58.4 Å². The average Bonchev–Trinajstić information content (AvgIpc) is 2.37. The summed E-state index contributed by atoms with van der Waals surface area (Å²) in [6, 6.07) is -1.25. The van der Waals surface area contributed by atoms with Gasteiger partial charge in [0.2, 0.25) is 0 Å². The van der Waals surface area contributed by atoms with E-state index in [4.69, 9.17) is 9.47 Å². The van der Waals surface area contributed by atoms with E-state index in [0.717, 1.165) is 4.90 Å². The molecule has 0 spiro atoms. The predicted molar refractivity (Wildman–Crippen MR) is 57.9 cm³/mol. The number of nitrogens with zero attached hydrogens (tertiary/aromatic N) is 1. The minimum Gasteiger partial charge on any atom is -0.444 e. The summed E-state index contributed by atoms with van der Waals surface area (Å²) < 4.78 is 35.9. The molecule has 1 aliphatic heterocycles. The zero-order valence-electron chi connectivity index (χ0n) is 10.8. The van der Waals surface area contributed by atoms with Gasteiger partial charge in [0.25, 0.3) is 6.43 Å². The summed E-state index contributed by atoms with van der Waals surface area (Å²) in [7, 11) is 0. The van der Waals surface area contributed by atoms with Crippen LogP contribution in [0.4, 0.5) is 13.6 Å². The number of alkyl halides is 2. The summed E-state index contributed by atoms with van der Waals surface area (Å²) in [5.41, 5.74) is -1.79. The number of hydrogen-bond acceptors (Lipinski definition) is 3. The van der Waals surface area contributed by atoms with Gasteiger partial charge in [0.15, 0.2) is 0 Å². The first-order chi connectivity index (χ1) is 7.54. The van der Waals surface area contributed by atoms with Gasteiger partial charge in [0.05, 0.1) is 6.61 Å². The molecule has 6 heteroatoms. The molecule has 1 fully saturated rings. The Bertz CT molecular complexity index is 300. The lowest BCUT2D eigenvalue weighted by atomic mass is 10.2. The molecule has 0 radical (unpaired) electrons. The van der Waals surface area contributed by atoms with Crippen molar-refractivity contribution in [2.24, 2.45) is 0 Å². The third-order valence-electron chi connectivity index (χ3n) is 2.40. The van der Waals surface area contributed by atoms with Gasteiger partial charge in [-0.15, -0.1) is 0 Å². The molecule has 0 aliphatic carbocycles. The third-order valence-corrected chi connectivity index (χ3v) is 2.40. The van der Waals surface area contributed by atoms with Gasteiger partial charge in [-0.2, -0.15) is 0 Å². The van der Waals surface area contributed by atoms with Crippen LogP contribution in [0, 0.1) is 0 Å². The molecule has 0 bridgehead atoms. The summed E-state index contributed by atoms with van der Waals surface area (Å²) in [5, 5.41) is 0. The molecule has 0 aromatic heterocycles. The van der Waals surface area contributed by atoms with E-state index in [0.29, 0.717) is 0 Å². The van der Waals surface area contributed by atoms with E-state index >= 15 is 0 Å². The Morgan fingerprint density at radius 2 is 2.00 bits per heavy atom. The fourth-order valence-corrected chi connectivity index (χ4v) is 1.68. The van der Waals surface area contributed by atoms with Gasteiger partial charge in [-0.3, -0.25) is 4.90 Å². The lowest BCUT2D eigenvalue weighted by molar-refractivity contribution is -0.0699. The van der Waals surface area contributed by atoms with E-state index in [-0.39, 0.29) is 6.61 Å². The maximum absolute atomic E-state index is 12.8. The molecule has 17 heavy (non-hydrogen) atoms. The molecule has 0 saturated carbocycles. The van der Waals surface area contributed by atoms with E-state index in [1.54, 1.807) is 34.6 Å². The van der Waals surface area contributed by atoms with Crippen LogP contribution in [0.2, 0.25) is 0 Å². The Labute approximate surface area is 99.9 Å². The number of hydrogen-bond donors (Lipinski definition) is 0. The normalized spacial score (nSPS) is 24.2. The first-order valence-electron chi connectivity index (χ1n) is 5.49. The molecule has 100 valence electrons. The molecule has 1 rings (SSSR count). The topological polar surface area (TPSA) is 38.8 Å². The second-order valence-electron chi connectivity index (χ2n) is 5.51. The van der Waals surface area contributed by atoms with Crippen LogP contribution >= 0.6 is 0 Å². The fraction of sp³-hybridized carbons (Fsp3) is 0.909. The highest BCUT2D eigenvalue weighted by atomic mass is 19.3. The molecular formula is C11H19F2NO3. The van der Waals surface area contributed by atoms with Crippen molar-refractivity contribution in [3.63, 3.8) is 0 Å². The minimum absolute atomic E-state index is 0.177. The van der Waals surface area contributed by atoms with Gasteiger partial charge in [-0.25, -0.2) is 13.6 Å². The van der Waals surface area contributed by atoms with Crippen LogP contribution in [0.15, 0.2) is 0 Å². The van der Waals surface area contributed by atoms with Crippen molar-refractivity contribution < 1.29 is 23.0 Å². The second-order valence-corrected chi connectivity index (χ2v) is 5.51. The molecule has 0 N–H and O–H groups in total. The van der Waals surface area contributed by atoms with Crippen LogP contribution in [-0.4, -0.2) is 41.4 Å². The number of rotatable bonds is 1. The molecule has 1 saturated heterocycles. The summed E-state index contributed by atoms with van der Waals surface area (Å²) in [6.45, 7) is 8.02. The summed E-state index contributed by atoms with van der Waals surface area (Å²) in [5.74, 6) is 0. The van der Waals surface area contributed by atoms with Crippen molar-refractivity contribution in [3.05, 3.63) is 0 Å². The summed E-state index contributed by atoms with van der Waals surface area (Å²) >= 11 is 0. The maximum atomic E-state index is 12.8. The van der Waals surface area contributed by atoms with Gasteiger partial charge in [-0.1, -0.05) is 0 Å². The van der Waals surface area contributed by atoms with Crippen LogP contribution in [0.1, 0.15) is 34.6 Å². The molecule has 0 aromatic carbocycles. The molecule has 0 unspecified atom stereocenters. The van der Waals surface area contributed by atoms with Crippen molar-refractivity contribution in [2.75, 3.05) is 6.61 Å². The lowest BCUT2D eigenvalue weighted by Crippen LogP contribution is -2.51. The Morgan fingerprint density at radius 3 is 2.41 bits per heavy atom. The Morgan fingerprint density at radius 1 is 1.47 bits per heavy atom. The van der Waals surface area contributed by atoms with E-state index < -0.39 is 29.9 Å². The molecule has 1 amide bonds. The van der Waals surface area contributed by atoms with E-state index in [9.17, 15) is 13.6 Å². The van der Waals surface area contributed by atoms with Crippen LogP contribution in [-0.2, 0) is 9.47 Å². The van der Waals surface area contributed by atoms with Crippen LogP contribution in [0.5, 0.6) is 0 Å². The standard InChI is InChI=1S/C11H19F2NO3/c1-10(2,3)17-9(15)14-7(8(12)13)6-16-11(14,4)5/h7-8H,6H2,1-5H3/t7-/m1/s1. The molecule has 0 aromatic rings. The molecule has 1 atom stereocenters. The third kappa shape index (κ3) is 3.28. The molecule has 1 aliphatic rings. The SMILES string of the molecule is CC(C)(C)OC(=O)N1[C@@H](C(F)F)COC1(C)C. The first-order valence-corrected chi connectivity index (χ1v) is 5.49. The minimum atomic E-state index is -2.65. The van der Waals surface area contributed by atoms with Gasteiger partial charge in [0, 0.05) is 0 Å². The number of ether oxygens (including phenoxy) is 2. The molecule has 4 nitrogen and oxygen atoms in total. The molecular weight excluding hydrogens is 232 g/mol. The molecule has 1 heterocycles. The van der Waals surface area contributed by atoms with Gasteiger partial charge < -0.3 is 9.47 Å².